The number of halogens is 3. The van der Waals surface area contributed by atoms with Crippen molar-refractivity contribution in [2.75, 3.05) is 5.75 Å². The van der Waals surface area contributed by atoms with Crippen molar-refractivity contribution in [2.24, 2.45) is 0 Å². The summed E-state index contributed by atoms with van der Waals surface area (Å²) in [7, 11) is 0. The fraction of sp³-hybridized carbons (Fsp3) is 0.333. The van der Waals surface area contributed by atoms with E-state index in [4.69, 9.17) is 5.11 Å². The van der Waals surface area contributed by atoms with Crippen molar-refractivity contribution in [3.63, 3.8) is 0 Å². The lowest BCUT2D eigenvalue weighted by atomic mass is 10.2. The molecule has 104 valence electrons. The first kappa shape index (κ1) is 15.6. The van der Waals surface area contributed by atoms with E-state index < -0.39 is 17.7 Å². The maximum Gasteiger partial charge on any atom is 0.417 e. The van der Waals surface area contributed by atoms with Crippen LogP contribution in [0.1, 0.15) is 18.9 Å². The molecule has 0 radical (unpaired) electrons. The zero-order valence-corrected chi connectivity index (χ0v) is 10.9. The fourth-order valence-corrected chi connectivity index (χ4v) is 1.99. The van der Waals surface area contributed by atoms with Crippen molar-refractivity contribution >= 4 is 17.7 Å². The monoisotopic (exact) mass is 291 g/mol. The molecule has 1 aromatic heterocycles. The highest BCUT2D eigenvalue weighted by Gasteiger charge is 2.30. The van der Waals surface area contributed by atoms with Gasteiger partial charge < -0.3 is 5.11 Å². The van der Waals surface area contributed by atoms with Crippen LogP contribution < -0.4 is 0 Å². The van der Waals surface area contributed by atoms with Crippen LogP contribution in [0, 0.1) is 0 Å². The molecule has 1 heterocycles. The minimum atomic E-state index is -4.39. The molecule has 1 N–H and O–H groups in total. The summed E-state index contributed by atoms with van der Waals surface area (Å²) in [5.41, 5.74) is -0.522. The Hall–Kier alpha value is -1.50. The summed E-state index contributed by atoms with van der Waals surface area (Å²) >= 11 is 1.18. The topological polar surface area (TPSA) is 50.2 Å². The van der Waals surface area contributed by atoms with Gasteiger partial charge in [-0.05, 0) is 18.6 Å². The number of carboxylic acids is 1. The van der Waals surface area contributed by atoms with Gasteiger partial charge in [0.15, 0.2) is 0 Å². The maximum absolute atomic E-state index is 12.3. The number of hydrogen-bond acceptors (Lipinski definition) is 3. The normalized spacial score (nSPS) is 12.5. The van der Waals surface area contributed by atoms with Crippen LogP contribution >= 0.6 is 11.8 Å². The van der Waals surface area contributed by atoms with Crippen molar-refractivity contribution in [1.82, 2.24) is 4.98 Å². The van der Waals surface area contributed by atoms with Crippen LogP contribution in [0.4, 0.5) is 13.2 Å². The van der Waals surface area contributed by atoms with Crippen LogP contribution in [0.5, 0.6) is 0 Å². The summed E-state index contributed by atoms with van der Waals surface area (Å²) in [6.45, 7) is 1.72. The summed E-state index contributed by atoms with van der Waals surface area (Å²) in [6, 6.07) is 2.23. The highest BCUT2D eigenvalue weighted by atomic mass is 32.2. The Labute approximate surface area is 112 Å². The van der Waals surface area contributed by atoms with Gasteiger partial charge in [-0.25, -0.2) is 9.78 Å². The Morgan fingerprint density at radius 2 is 2.16 bits per heavy atom. The molecule has 0 fully saturated rings. The number of aliphatic carboxylic acids is 1. The summed E-state index contributed by atoms with van der Waals surface area (Å²) < 4.78 is 36.9. The quantitative estimate of drug-likeness (QED) is 0.665. The first-order chi connectivity index (χ1) is 8.84. The number of nitrogens with zero attached hydrogens (tertiary/aromatic N) is 1. The molecule has 0 unspecified atom stereocenters. The highest BCUT2D eigenvalue weighted by Crippen LogP contribution is 2.29. The lowest BCUT2D eigenvalue weighted by Crippen LogP contribution is -2.05. The van der Waals surface area contributed by atoms with E-state index in [1.165, 1.54) is 23.9 Å². The van der Waals surface area contributed by atoms with Crippen LogP contribution in [0.2, 0.25) is 0 Å². The minimum absolute atomic E-state index is 0.277. The molecule has 0 amide bonds. The lowest BCUT2D eigenvalue weighted by Gasteiger charge is -2.06. The molecule has 1 rings (SSSR count). The molecule has 1 aromatic rings. The van der Waals surface area contributed by atoms with Crippen LogP contribution in [-0.2, 0) is 11.0 Å². The number of pyridine rings is 1. The van der Waals surface area contributed by atoms with Crippen LogP contribution in [-0.4, -0.2) is 21.8 Å². The van der Waals surface area contributed by atoms with Gasteiger partial charge in [-0.2, -0.15) is 13.2 Å². The molecule has 3 nitrogen and oxygen atoms in total. The molecule has 0 saturated heterocycles. The predicted molar refractivity (Wildman–Crippen MR) is 66.0 cm³/mol. The highest BCUT2D eigenvalue weighted by molar-refractivity contribution is 7.99. The Morgan fingerprint density at radius 3 is 2.58 bits per heavy atom. The van der Waals surface area contributed by atoms with Gasteiger partial charge in [-0.1, -0.05) is 13.0 Å². The summed E-state index contributed by atoms with van der Waals surface area (Å²) in [6.07, 6.45) is -1.69. The standard InChI is InChI=1S/C12H12F3NO2S/c1-2-8(11(17)18)5-6-19-10-4-3-9(7-16-10)12(13,14)15/h3-5,7H,2,6H2,1H3,(H,17,18). The Morgan fingerprint density at radius 1 is 1.47 bits per heavy atom. The average molecular weight is 291 g/mol. The molecule has 0 bridgehead atoms. The number of alkyl halides is 3. The number of aromatic nitrogens is 1. The Kier molecular flexibility index (Phi) is 5.41. The largest absolute Gasteiger partial charge is 0.478 e. The van der Waals surface area contributed by atoms with Gasteiger partial charge >= 0.3 is 12.1 Å². The van der Waals surface area contributed by atoms with E-state index in [0.29, 0.717) is 17.2 Å². The van der Waals surface area contributed by atoms with Crippen molar-refractivity contribution in [3.05, 3.63) is 35.5 Å². The van der Waals surface area contributed by atoms with E-state index in [1.807, 2.05) is 0 Å². The number of hydrogen-bond donors (Lipinski definition) is 1. The van der Waals surface area contributed by atoms with Gasteiger partial charge in [0.1, 0.15) is 0 Å². The second-order valence-electron chi connectivity index (χ2n) is 3.58. The molecule has 0 aromatic carbocycles. The number of carbonyl (C=O) groups is 1. The lowest BCUT2D eigenvalue weighted by molar-refractivity contribution is -0.138. The molecule has 7 heteroatoms. The van der Waals surface area contributed by atoms with E-state index in [1.54, 1.807) is 6.92 Å². The van der Waals surface area contributed by atoms with Crippen molar-refractivity contribution in [3.8, 4) is 0 Å². The van der Waals surface area contributed by atoms with Crippen molar-refractivity contribution in [1.29, 1.82) is 0 Å². The van der Waals surface area contributed by atoms with Gasteiger partial charge in [-0.15, -0.1) is 11.8 Å². The third kappa shape index (κ3) is 4.94. The summed E-state index contributed by atoms with van der Waals surface area (Å²) in [4.78, 5) is 14.4. The van der Waals surface area contributed by atoms with Gasteiger partial charge in [-0.3, -0.25) is 0 Å². The van der Waals surface area contributed by atoms with Gasteiger partial charge in [0, 0.05) is 17.5 Å². The van der Waals surface area contributed by atoms with Crippen LogP contribution in [0.3, 0.4) is 0 Å². The number of rotatable bonds is 5. The third-order valence-corrected chi connectivity index (χ3v) is 3.15. The van der Waals surface area contributed by atoms with Crippen LogP contribution in [0.15, 0.2) is 35.0 Å². The second kappa shape index (κ2) is 6.60. The molecule has 0 aliphatic carbocycles. The predicted octanol–water partition coefficient (Wildman–Crippen LogP) is 3.61. The van der Waals surface area contributed by atoms with Gasteiger partial charge in [0.25, 0.3) is 0 Å². The van der Waals surface area contributed by atoms with Crippen molar-refractivity contribution < 1.29 is 23.1 Å². The number of carboxylic acid groups (broad SMARTS) is 1. The van der Waals surface area contributed by atoms with E-state index in [-0.39, 0.29) is 5.57 Å². The summed E-state index contributed by atoms with van der Waals surface area (Å²) in [5.74, 6) is -0.628. The molecule has 0 atom stereocenters. The molecule has 0 aliphatic heterocycles. The number of thioether (sulfide) groups is 1. The van der Waals surface area contributed by atoms with E-state index in [0.717, 1.165) is 12.3 Å². The second-order valence-corrected chi connectivity index (χ2v) is 4.62. The molecular weight excluding hydrogens is 279 g/mol. The Bertz CT molecular complexity index is 469. The summed E-state index contributed by atoms with van der Waals surface area (Å²) in [5, 5.41) is 9.20. The Balaban J connectivity index is 2.62. The van der Waals surface area contributed by atoms with E-state index in [2.05, 4.69) is 4.98 Å². The molecule has 0 saturated carbocycles. The molecule has 0 spiro atoms. The zero-order chi connectivity index (χ0) is 14.5. The van der Waals surface area contributed by atoms with Gasteiger partial charge in [0.2, 0.25) is 0 Å². The minimum Gasteiger partial charge on any atom is -0.478 e. The SMILES string of the molecule is CCC(=CCSc1ccc(C(F)(F)F)cn1)C(=O)O. The fourth-order valence-electron chi connectivity index (χ4n) is 1.24. The molecular formula is C12H12F3NO2S. The average Bonchev–Trinajstić information content (AvgIpc) is 2.33. The first-order valence-corrected chi connectivity index (χ1v) is 6.41. The van der Waals surface area contributed by atoms with Gasteiger partial charge in [0.05, 0.1) is 10.6 Å². The first-order valence-electron chi connectivity index (χ1n) is 5.43. The zero-order valence-electron chi connectivity index (χ0n) is 10.1. The maximum atomic E-state index is 12.3. The smallest absolute Gasteiger partial charge is 0.417 e. The van der Waals surface area contributed by atoms with E-state index >= 15 is 0 Å². The molecule has 0 aliphatic rings. The third-order valence-electron chi connectivity index (χ3n) is 2.28. The molecule has 19 heavy (non-hydrogen) atoms. The van der Waals surface area contributed by atoms with E-state index in [9.17, 15) is 18.0 Å². The van der Waals surface area contributed by atoms with Crippen LogP contribution in [0.25, 0.3) is 0 Å². The van der Waals surface area contributed by atoms with Crippen molar-refractivity contribution in [2.45, 2.75) is 24.5 Å².